The highest BCUT2D eigenvalue weighted by Gasteiger charge is 2.15. The number of anilines is 2. The maximum Gasteiger partial charge on any atom is 0.255 e. The lowest BCUT2D eigenvalue weighted by Gasteiger charge is -2.18. The van der Waals surface area contributed by atoms with Gasteiger partial charge in [0.25, 0.3) is 11.8 Å². The highest BCUT2D eigenvalue weighted by molar-refractivity contribution is 6.06. The zero-order valence-electron chi connectivity index (χ0n) is 16.3. The summed E-state index contributed by atoms with van der Waals surface area (Å²) < 4.78 is 13.4. The van der Waals surface area contributed by atoms with Gasteiger partial charge < -0.3 is 15.5 Å². The molecule has 0 fully saturated rings. The second-order valence-electron chi connectivity index (χ2n) is 6.76. The minimum atomic E-state index is -0.485. The van der Waals surface area contributed by atoms with Gasteiger partial charge in [-0.3, -0.25) is 9.59 Å². The summed E-state index contributed by atoms with van der Waals surface area (Å²) in [7, 11) is 3.68. The third-order valence-electron chi connectivity index (χ3n) is 4.36. The van der Waals surface area contributed by atoms with Crippen LogP contribution in [0.2, 0.25) is 0 Å². The fourth-order valence-corrected chi connectivity index (χ4v) is 2.89. The van der Waals surface area contributed by atoms with E-state index in [2.05, 4.69) is 10.6 Å². The Labute approximate surface area is 169 Å². The van der Waals surface area contributed by atoms with Crippen LogP contribution in [0.5, 0.6) is 0 Å². The smallest absolute Gasteiger partial charge is 0.255 e. The van der Waals surface area contributed by atoms with E-state index in [9.17, 15) is 14.0 Å². The molecule has 0 aliphatic carbocycles. The van der Waals surface area contributed by atoms with Crippen molar-refractivity contribution in [2.24, 2.45) is 0 Å². The molecule has 0 saturated carbocycles. The monoisotopic (exact) mass is 391 g/mol. The first-order valence-electron chi connectivity index (χ1n) is 9.14. The second kappa shape index (κ2) is 9.01. The molecule has 148 valence electrons. The van der Waals surface area contributed by atoms with E-state index in [4.69, 9.17) is 0 Å². The predicted octanol–water partition coefficient (Wildman–Crippen LogP) is 4.07. The van der Waals surface area contributed by atoms with Crippen molar-refractivity contribution in [2.45, 2.75) is 6.54 Å². The number of nitrogens with one attached hydrogen (secondary N) is 2. The largest absolute Gasteiger partial charge is 0.377 e. The standard InChI is InChI=1S/C23H22FN3O2/c1-27(2)21-12-11-19(26-22(28)17-9-6-10-18(24)13-17)14-20(21)23(29)25-15-16-7-4-3-5-8-16/h3-14H,15H2,1-2H3,(H,25,29)(H,26,28). The van der Waals surface area contributed by atoms with E-state index in [1.165, 1.54) is 18.2 Å². The Balaban J connectivity index is 1.80. The van der Waals surface area contributed by atoms with Crippen LogP contribution in [-0.4, -0.2) is 25.9 Å². The summed E-state index contributed by atoms with van der Waals surface area (Å²) in [5, 5.41) is 5.62. The third-order valence-corrected chi connectivity index (χ3v) is 4.36. The van der Waals surface area contributed by atoms with Crippen LogP contribution in [0.15, 0.2) is 72.8 Å². The molecule has 2 amide bonds. The van der Waals surface area contributed by atoms with Gasteiger partial charge in [-0.05, 0) is 42.0 Å². The summed E-state index contributed by atoms with van der Waals surface area (Å²) in [6.07, 6.45) is 0. The fourth-order valence-electron chi connectivity index (χ4n) is 2.89. The Morgan fingerprint density at radius 3 is 2.34 bits per heavy atom. The molecule has 0 aromatic heterocycles. The molecule has 3 aromatic carbocycles. The summed E-state index contributed by atoms with van der Waals surface area (Å²) in [6, 6.07) is 20.1. The number of hydrogen-bond acceptors (Lipinski definition) is 3. The quantitative estimate of drug-likeness (QED) is 0.666. The number of benzene rings is 3. The van der Waals surface area contributed by atoms with Crippen molar-refractivity contribution >= 4 is 23.2 Å². The normalized spacial score (nSPS) is 10.3. The maximum atomic E-state index is 13.4. The molecule has 3 rings (SSSR count). The summed E-state index contributed by atoms with van der Waals surface area (Å²) in [4.78, 5) is 27.0. The van der Waals surface area contributed by atoms with Gasteiger partial charge in [0.15, 0.2) is 0 Å². The van der Waals surface area contributed by atoms with Gasteiger partial charge in [0.05, 0.1) is 5.56 Å². The molecule has 0 radical (unpaired) electrons. The molecular weight excluding hydrogens is 369 g/mol. The third kappa shape index (κ3) is 5.19. The number of hydrogen-bond donors (Lipinski definition) is 2. The number of amides is 2. The Bertz CT molecular complexity index is 1020. The zero-order valence-corrected chi connectivity index (χ0v) is 16.3. The van der Waals surface area contributed by atoms with Crippen molar-refractivity contribution in [2.75, 3.05) is 24.3 Å². The van der Waals surface area contributed by atoms with Crippen molar-refractivity contribution in [3.8, 4) is 0 Å². The van der Waals surface area contributed by atoms with Gasteiger partial charge in [-0.2, -0.15) is 0 Å². The highest BCUT2D eigenvalue weighted by Crippen LogP contribution is 2.23. The van der Waals surface area contributed by atoms with E-state index in [0.29, 0.717) is 17.8 Å². The summed E-state index contributed by atoms with van der Waals surface area (Å²) in [6.45, 7) is 0.395. The van der Waals surface area contributed by atoms with Crippen LogP contribution in [0.3, 0.4) is 0 Å². The van der Waals surface area contributed by atoms with Gasteiger partial charge in [0.1, 0.15) is 5.82 Å². The molecule has 0 spiro atoms. The maximum absolute atomic E-state index is 13.4. The molecule has 0 heterocycles. The number of halogens is 1. The summed E-state index contributed by atoms with van der Waals surface area (Å²) in [5.74, 6) is -1.18. The molecule has 0 saturated heterocycles. The van der Waals surface area contributed by atoms with Crippen LogP contribution < -0.4 is 15.5 Å². The van der Waals surface area contributed by atoms with Crippen LogP contribution in [-0.2, 0) is 6.54 Å². The fraction of sp³-hybridized carbons (Fsp3) is 0.130. The highest BCUT2D eigenvalue weighted by atomic mass is 19.1. The van der Waals surface area contributed by atoms with Crippen molar-refractivity contribution < 1.29 is 14.0 Å². The molecule has 6 heteroatoms. The molecule has 3 aromatic rings. The van der Waals surface area contributed by atoms with E-state index in [0.717, 1.165) is 17.3 Å². The van der Waals surface area contributed by atoms with Gasteiger partial charge in [-0.1, -0.05) is 36.4 Å². The number of carbonyl (C=O) groups excluding carboxylic acids is 2. The molecule has 29 heavy (non-hydrogen) atoms. The van der Waals surface area contributed by atoms with Crippen molar-refractivity contribution in [1.29, 1.82) is 0 Å². The molecule has 0 unspecified atom stereocenters. The first-order chi connectivity index (χ1) is 13.9. The van der Waals surface area contributed by atoms with E-state index in [1.807, 2.05) is 49.3 Å². The van der Waals surface area contributed by atoms with E-state index >= 15 is 0 Å². The SMILES string of the molecule is CN(C)c1ccc(NC(=O)c2cccc(F)c2)cc1C(=O)NCc1ccccc1. The first kappa shape index (κ1) is 20.1. The van der Waals surface area contributed by atoms with E-state index in [1.54, 1.807) is 18.2 Å². The van der Waals surface area contributed by atoms with Gasteiger partial charge in [-0.25, -0.2) is 4.39 Å². The Morgan fingerprint density at radius 2 is 1.66 bits per heavy atom. The van der Waals surface area contributed by atoms with E-state index < -0.39 is 11.7 Å². The zero-order chi connectivity index (χ0) is 20.8. The lowest BCUT2D eigenvalue weighted by atomic mass is 10.1. The Kier molecular flexibility index (Phi) is 6.24. The van der Waals surface area contributed by atoms with Crippen LogP contribution in [0.1, 0.15) is 26.3 Å². The van der Waals surface area contributed by atoms with Crippen LogP contribution in [0.25, 0.3) is 0 Å². The van der Waals surface area contributed by atoms with Gasteiger partial charge in [-0.15, -0.1) is 0 Å². The number of nitrogens with zero attached hydrogens (tertiary/aromatic N) is 1. The lowest BCUT2D eigenvalue weighted by molar-refractivity contribution is 0.0950. The first-order valence-corrected chi connectivity index (χ1v) is 9.14. The number of carbonyl (C=O) groups is 2. The van der Waals surface area contributed by atoms with Crippen molar-refractivity contribution in [3.05, 3.63) is 95.3 Å². The van der Waals surface area contributed by atoms with Gasteiger partial charge in [0.2, 0.25) is 0 Å². The van der Waals surface area contributed by atoms with Gasteiger partial charge >= 0.3 is 0 Å². The van der Waals surface area contributed by atoms with Crippen molar-refractivity contribution in [3.63, 3.8) is 0 Å². The van der Waals surface area contributed by atoms with E-state index in [-0.39, 0.29) is 11.5 Å². The average Bonchev–Trinajstić information content (AvgIpc) is 2.72. The van der Waals surface area contributed by atoms with Crippen LogP contribution >= 0.6 is 0 Å². The van der Waals surface area contributed by atoms with Crippen LogP contribution in [0, 0.1) is 5.82 Å². The lowest BCUT2D eigenvalue weighted by Crippen LogP contribution is -2.25. The summed E-state index contributed by atoms with van der Waals surface area (Å²) >= 11 is 0. The number of rotatable bonds is 6. The second-order valence-corrected chi connectivity index (χ2v) is 6.76. The topological polar surface area (TPSA) is 61.4 Å². The predicted molar refractivity (Wildman–Crippen MR) is 113 cm³/mol. The average molecular weight is 391 g/mol. The minimum absolute atomic E-state index is 0.205. The minimum Gasteiger partial charge on any atom is -0.377 e. The molecule has 0 aliphatic heterocycles. The molecule has 0 aliphatic rings. The Hall–Kier alpha value is -3.67. The molecule has 0 bridgehead atoms. The molecular formula is C23H22FN3O2. The molecule has 5 nitrogen and oxygen atoms in total. The van der Waals surface area contributed by atoms with Gasteiger partial charge in [0, 0.05) is 37.6 Å². The molecule has 0 atom stereocenters. The van der Waals surface area contributed by atoms with Crippen LogP contribution in [0.4, 0.5) is 15.8 Å². The molecule has 2 N–H and O–H groups in total. The Morgan fingerprint density at radius 1 is 0.897 bits per heavy atom. The van der Waals surface area contributed by atoms with Crippen molar-refractivity contribution in [1.82, 2.24) is 5.32 Å². The summed E-state index contributed by atoms with van der Waals surface area (Å²) in [5.41, 5.74) is 2.80.